The number of carboxylic acid groups (broad SMARTS) is 1. The Balaban J connectivity index is 3.18. The van der Waals surface area contributed by atoms with Crippen LogP contribution in [0.2, 0.25) is 0 Å². The minimum Gasteiger partial charge on any atom is -0.477 e. The number of carboxylic acids is 1. The Morgan fingerprint density at radius 2 is 1.82 bits per heavy atom. The molecule has 0 bridgehead atoms. The molecule has 0 saturated heterocycles. The summed E-state index contributed by atoms with van der Waals surface area (Å²) in [5.41, 5.74) is -1.64. The SMILES string of the molecule is CC(C)(C)CCc1c(C(=O)O)[nH]c(=O)[nH]c1=O. The second-order valence-electron chi connectivity index (χ2n) is 5.13. The van der Waals surface area contributed by atoms with Crippen LogP contribution in [0.25, 0.3) is 0 Å². The highest BCUT2D eigenvalue weighted by Gasteiger charge is 2.18. The highest BCUT2D eigenvalue weighted by Crippen LogP contribution is 2.20. The van der Waals surface area contributed by atoms with Crippen LogP contribution >= 0.6 is 0 Å². The smallest absolute Gasteiger partial charge is 0.352 e. The van der Waals surface area contributed by atoms with Crippen molar-refractivity contribution in [2.45, 2.75) is 33.6 Å². The highest BCUT2D eigenvalue weighted by atomic mass is 16.4. The van der Waals surface area contributed by atoms with Crippen molar-refractivity contribution in [3.05, 3.63) is 32.1 Å². The van der Waals surface area contributed by atoms with Gasteiger partial charge < -0.3 is 10.1 Å². The van der Waals surface area contributed by atoms with Crippen LogP contribution in [0.3, 0.4) is 0 Å². The Morgan fingerprint density at radius 3 is 2.29 bits per heavy atom. The minimum atomic E-state index is -1.29. The number of H-pyrrole nitrogens is 2. The first-order valence-corrected chi connectivity index (χ1v) is 5.29. The summed E-state index contributed by atoms with van der Waals surface area (Å²) < 4.78 is 0. The lowest BCUT2D eigenvalue weighted by Crippen LogP contribution is -2.30. The van der Waals surface area contributed by atoms with Crippen molar-refractivity contribution >= 4 is 5.97 Å². The van der Waals surface area contributed by atoms with Gasteiger partial charge in [-0.2, -0.15) is 0 Å². The highest BCUT2D eigenvalue weighted by molar-refractivity contribution is 5.86. The maximum absolute atomic E-state index is 11.5. The van der Waals surface area contributed by atoms with Gasteiger partial charge in [0.15, 0.2) is 0 Å². The third kappa shape index (κ3) is 3.58. The second-order valence-corrected chi connectivity index (χ2v) is 5.13. The number of aromatic carboxylic acids is 1. The molecule has 0 saturated carbocycles. The average molecular weight is 240 g/mol. The van der Waals surface area contributed by atoms with Gasteiger partial charge in [-0.05, 0) is 18.3 Å². The van der Waals surface area contributed by atoms with E-state index in [2.05, 4.69) is 4.98 Å². The third-order valence-electron chi connectivity index (χ3n) is 2.38. The second kappa shape index (κ2) is 4.57. The molecule has 0 aromatic carbocycles. The Labute approximate surface area is 97.7 Å². The molecular formula is C11H16N2O4. The van der Waals surface area contributed by atoms with Gasteiger partial charge in [-0.25, -0.2) is 9.59 Å². The molecule has 0 aliphatic heterocycles. The lowest BCUT2D eigenvalue weighted by atomic mass is 9.88. The molecule has 1 aromatic rings. The normalized spacial score (nSPS) is 11.5. The summed E-state index contributed by atoms with van der Waals surface area (Å²) in [6.07, 6.45) is 0.972. The van der Waals surface area contributed by atoms with E-state index in [4.69, 9.17) is 5.11 Å². The first-order valence-electron chi connectivity index (χ1n) is 5.29. The summed E-state index contributed by atoms with van der Waals surface area (Å²) in [5, 5.41) is 8.92. The zero-order valence-electron chi connectivity index (χ0n) is 10.1. The number of hydrogen-bond acceptors (Lipinski definition) is 3. The van der Waals surface area contributed by atoms with E-state index in [1.165, 1.54) is 0 Å². The van der Waals surface area contributed by atoms with Gasteiger partial charge in [0.05, 0.1) is 0 Å². The van der Waals surface area contributed by atoms with E-state index in [9.17, 15) is 14.4 Å². The van der Waals surface area contributed by atoms with Crippen LogP contribution in [0, 0.1) is 5.41 Å². The number of hydrogen-bond donors (Lipinski definition) is 3. The zero-order valence-corrected chi connectivity index (χ0v) is 10.1. The van der Waals surface area contributed by atoms with Gasteiger partial charge in [0.1, 0.15) is 5.69 Å². The first-order chi connectivity index (χ1) is 7.70. The van der Waals surface area contributed by atoms with Crippen LogP contribution in [-0.2, 0) is 6.42 Å². The van der Waals surface area contributed by atoms with Crippen LogP contribution in [0.4, 0.5) is 0 Å². The quantitative estimate of drug-likeness (QED) is 0.724. The van der Waals surface area contributed by atoms with E-state index in [1.54, 1.807) is 0 Å². The molecule has 94 valence electrons. The molecule has 0 aliphatic carbocycles. The summed E-state index contributed by atoms with van der Waals surface area (Å²) in [5.74, 6) is -1.29. The Bertz CT molecular complexity index is 534. The lowest BCUT2D eigenvalue weighted by molar-refractivity contribution is 0.0688. The molecule has 6 nitrogen and oxygen atoms in total. The van der Waals surface area contributed by atoms with Crippen molar-refractivity contribution in [3.8, 4) is 0 Å². The van der Waals surface area contributed by atoms with Gasteiger partial charge in [0.25, 0.3) is 5.56 Å². The average Bonchev–Trinajstić information content (AvgIpc) is 2.13. The maximum Gasteiger partial charge on any atom is 0.352 e. The van der Waals surface area contributed by atoms with Crippen molar-refractivity contribution in [3.63, 3.8) is 0 Å². The van der Waals surface area contributed by atoms with Crippen LogP contribution in [0.15, 0.2) is 9.59 Å². The van der Waals surface area contributed by atoms with E-state index in [-0.39, 0.29) is 16.7 Å². The van der Waals surface area contributed by atoms with Crippen LogP contribution in [-0.4, -0.2) is 21.0 Å². The van der Waals surface area contributed by atoms with Crippen LogP contribution < -0.4 is 11.2 Å². The van der Waals surface area contributed by atoms with Crippen molar-refractivity contribution in [1.82, 2.24) is 9.97 Å². The van der Waals surface area contributed by atoms with Crippen molar-refractivity contribution in [2.24, 2.45) is 5.41 Å². The number of carbonyl (C=O) groups is 1. The molecule has 1 aromatic heterocycles. The van der Waals surface area contributed by atoms with Gasteiger partial charge in [0.2, 0.25) is 0 Å². The fraction of sp³-hybridized carbons (Fsp3) is 0.545. The molecule has 3 N–H and O–H groups in total. The van der Waals surface area contributed by atoms with Crippen LogP contribution in [0.5, 0.6) is 0 Å². The molecule has 0 unspecified atom stereocenters. The molecule has 1 rings (SSSR count). The van der Waals surface area contributed by atoms with Crippen LogP contribution in [0.1, 0.15) is 43.2 Å². The van der Waals surface area contributed by atoms with Gasteiger partial charge in [0, 0.05) is 5.56 Å². The molecule has 0 aliphatic rings. The van der Waals surface area contributed by atoms with E-state index in [1.807, 2.05) is 25.8 Å². The molecule has 0 spiro atoms. The third-order valence-corrected chi connectivity index (χ3v) is 2.38. The zero-order chi connectivity index (χ0) is 13.2. The predicted octanol–water partition coefficient (Wildman–Crippen LogP) is 0.740. The summed E-state index contributed by atoms with van der Waals surface area (Å²) >= 11 is 0. The molecular weight excluding hydrogens is 224 g/mol. The number of aromatic amines is 2. The summed E-state index contributed by atoms with van der Waals surface area (Å²) in [6, 6.07) is 0. The monoisotopic (exact) mass is 240 g/mol. The number of aromatic nitrogens is 2. The Kier molecular flexibility index (Phi) is 3.55. The van der Waals surface area contributed by atoms with Gasteiger partial charge in [-0.3, -0.25) is 9.78 Å². The first kappa shape index (κ1) is 13.2. The fourth-order valence-corrected chi connectivity index (χ4v) is 1.43. The van der Waals surface area contributed by atoms with Crippen molar-refractivity contribution in [1.29, 1.82) is 0 Å². The van der Waals surface area contributed by atoms with Gasteiger partial charge in [-0.1, -0.05) is 20.8 Å². The Hall–Kier alpha value is -1.85. The van der Waals surface area contributed by atoms with E-state index >= 15 is 0 Å². The van der Waals surface area contributed by atoms with E-state index < -0.39 is 17.2 Å². The molecule has 6 heteroatoms. The molecule has 0 atom stereocenters. The van der Waals surface area contributed by atoms with Gasteiger partial charge in [-0.15, -0.1) is 0 Å². The van der Waals surface area contributed by atoms with Crippen molar-refractivity contribution in [2.75, 3.05) is 0 Å². The van der Waals surface area contributed by atoms with Gasteiger partial charge >= 0.3 is 11.7 Å². The van der Waals surface area contributed by atoms with E-state index in [0.29, 0.717) is 12.8 Å². The summed E-state index contributed by atoms with van der Waals surface area (Å²) in [4.78, 5) is 37.6. The van der Waals surface area contributed by atoms with E-state index in [0.717, 1.165) is 0 Å². The molecule has 1 heterocycles. The lowest BCUT2D eigenvalue weighted by Gasteiger charge is -2.17. The largest absolute Gasteiger partial charge is 0.477 e. The summed E-state index contributed by atoms with van der Waals surface area (Å²) in [7, 11) is 0. The van der Waals surface area contributed by atoms with Crippen molar-refractivity contribution < 1.29 is 9.90 Å². The Morgan fingerprint density at radius 1 is 1.24 bits per heavy atom. The molecule has 17 heavy (non-hydrogen) atoms. The minimum absolute atomic E-state index is 0.0155. The number of nitrogens with one attached hydrogen (secondary N) is 2. The molecule has 0 radical (unpaired) electrons. The number of rotatable bonds is 3. The fourth-order valence-electron chi connectivity index (χ4n) is 1.43. The topological polar surface area (TPSA) is 103 Å². The molecule has 0 amide bonds. The predicted molar refractivity (Wildman–Crippen MR) is 62.4 cm³/mol. The maximum atomic E-state index is 11.5. The summed E-state index contributed by atoms with van der Waals surface area (Å²) in [6.45, 7) is 5.98. The molecule has 0 fully saturated rings. The standard InChI is InChI=1S/C11H16N2O4/c1-11(2,3)5-4-6-7(9(15)16)12-10(17)13-8(6)14/h4-5H2,1-3H3,(H,15,16)(H2,12,13,14,17).